The van der Waals surface area contributed by atoms with E-state index in [1.54, 1.807) is 0 Å². The Morgan fingerprint density at radius 2 is 2.10 bits per heavy atom. The normalized spacial score (nSPS) is 19.4. The number of benzene rings is 1. The molecule has 0 amide bonds. The lowest BCUT2D eigenvalue weighted by molar-refractivity contribution is -0.0640. The second kappa shape index (κ2) is 5.82. The minimum atomic E-state index is -3.72. The number of ether oxygens (including phenoxy) is 1. The van der Waals surface area contributed by atoms with Gasteiger partial charge >= 0.3 is 5.97 Å². The second-order valence-corrected chi connectivity index (χ2v) is 8.49. The molecule has 0 saturated carbocycles. The highest BCUT2D eigenvalue weighted by molar-refractivity contribution is 14.1. The molecule has 0 radical (unpaired) electrons. The average molecular weight is 425 g/mol. The Kier molecular flexibility index (Phi) is 4.62. The zero-order valence-corrected chi connectivity index (χ0v) is 14.6. The second-order valence-electron chi connectivity index (χ2n) is 5.39. The lowest BCUT2D eigenvalue weighted by atomic mass is 10.1. The first-order valence-corrected chi connectivity index (χ1v) is 8.82. The van der Waals surface area contributed by atoms with Gasteiger partial charge in [-0.25, -0.2) is 13.2 Å². The van der Waals surface area contributed by atoms with E-state index in [2.05, 4.69) is 0 Å². The van der Waals surface area contributed by atoms with Crippen LogP contribution >= 0.6 is 22.6 Å². The predicted molar refractivity (Wildman–Crippen MR) is 84.9 cm³/mol. The molecule has 1 fully saturated rings. The molecule has 2 rings (SSSR count). The Morgan fingerprint density at radius 3 is 2.67 bits per heavy atom. The first-order valence-electron chi connectivity index (χ1n) is 6.30. The first-order chi connectivity index (χ1) is 9.63. The number of nitrogens with zero attached hydrogens (tertiary/aromatic N) is 1. The van der Waals surface area contributed by atoms with E-state index in [1.807, 2.05) is 36.4 Å². The molecule has 0 spiro atoms. The number of hydrogen-bond donors (Lipinski definition) is 1. The van der Waals surface area contributed by atoms with E-state index < -0.39 is 21.6 Å². The molecule has 1 N–H and O–H groups in total. The van der Waals surface area contributed by atoms with Crippen molar-refractivity contribution < 1.29 is 23.1 Å². The molecule has 1 aliphatic heterocycles. The van der Waals surface area contributed by atoms with E-state index in [9.17, 15) is 13.2 Å². The maximum Gasteiger partial charge on any atom is 0.336 e. The van der Waals surface area contributed by atoms with E-state index in [0.717, 1.165) is 0 Å². The number of sulfonamides is 1. The van der Waals surface area contributed by atoms with Crippen molar-refractivity contribution in [2.24, 2.45) is 0 Å². The van der Waals surface area contributed by atoms with Crippen LogP contribution in [-0.2, 0) is 14.8 Å². The molecule has 8 heteroatoms. The molecule has 1 aromatic rings. The Labute approximate surface area is 137 Å². The molecule has 21 heavy (non-hydrogen) atoms. The van der Waals surface area contributed by atoms with Crippen molar-refractivity contribution in [3.05, 3.63) is 27.3 Å². The first kappa shape index (κ1) is 16.7. The summed E-state index contributed by atoms with van der Waals surface area (Å²) in [6, 6.07) is 4.15. The molecule has 0 bridgehead atoms. The summed E-state index contributed by atoms with van der Waals surface area (Å²) in [6.07, 6.45) is 0. The standard InChI is InChI=1S/C13H16INO5S/c1-13(2)8-15(5-6-20-13)21(18,19)9-3-4-11(14)10(7-9)12(16)17/h3-4,7H,5-6,8H2,1-2H3,(H,16,17). The van der Waals surface area contributed by atoms with E-state index in [-0.39, 0.29) is 23.5 Å². The molecule has 0 aliphatic carbocycles. The van der Waals surface area contributed by atoms with Crippen LogP contribution in [0.4, 0.5) is 0 Å². The summed E-state index contributed by atoms with van der Waals surface area (Å²) in [4.78, 5) is 11.1. The number of aromatic carboxylic acids is 1. The molecule has 0 unspecified atom stereocenters. The predicted octanol–water partition coefficient (Wildman–Crippen LogP) is 1.79. The molecule has 116 valence electrons. The van der Waals surface area contributed by atoms with Crippen molar-refractivity contribution in [2.45, 2.75) is 24.3 Å². The highest BCUT2D eigenvalue weighted by Crippen LogP contribution is 2.25. The van der Waals surface area contributed by atoms with Gasteiger partial charge in [0, 0.05) is 16.7 Å². The van der Waals surface area contributed by atoms with Crippen molar-refractivity contribution in [3.63, 3.8) is 0 Å². The van der Waals surface area contributed by atoms with Crippen LogP contribution in [0.5, 0.6) is 0 Å². The highest BCUT2D eigenvalue weighted by Gasteiger charge is 2.35. The lowest BCUT2D eigenvalue weighted by Crippen LogP contribution is -2.50. The summed E-state index contributed by atoms with van der Waals surface area (Å²) >= 11 is 1.87. The van der Waals surface area contributed by atoms with Crippen LogP contribution in [0.3, 0.4) is 0 Å². The van der Waals surface area contributed by atoms with E-state index in [1.165, 1.54) is 22.5 Å². The molecule has 1 aliphatic rings. The molecule has 0 aromatic heterocycles. The Balaban J connectivity index is 2.40. The molecule has 0 atom stereocenters. The third-order valence-corrected chi connectivity index (χ3v) is 5.98. The topological polar surface area (TPSA) is 83.9 Å². The zero-order chi connectivity index (χ0) is 15.8. The summed E-state index contributed by atoms with van der Waals surface area (Å²) in [5.74, 6) is -1.14. The van der Waals surface area contributed by atoms with Crippen LogP contribution in [-0.4, -0.2) is 49.1 Å². The number of hydrogen-bond acceptors (Lipinski definition) is 4. The van der Waals surface area contributed by atoms with E-state index in [0.29, 0.717) is 10.2 Å². The van der Waals surface area contributed by atoms with Crippen molar-refractivity contribution in [1.29, 1.82) is 0 Å². The molecule has 1 saturated heterocycles. The zero-order valence-electron chi connectivity index (χ0n) is 11.7. The smallest absolute Gasteiger partial charge is 0.336 e. The fourth-order valence-corrected chi connectivity index (χ4v) is 4.32. The van der Waals surface area contributed by atoms with Gasteiger partial charge in [0.25, 0.3) is 0 Å². The van der Waals surface area contributed by atoms with Gasteiger partial charge in [-0.3, -0.25) is 0 Å². The van der Waals surface area contributed by atoms with Crippen molar-refractivity contribution >= 4 is 38.6 Å². The largest absolute Gasteiger partial charge is 0.478 e. The minimum Gasteiger partial charge on any atom is -0.478 e. The third-order valence-electron chi connectivity index (χ3n) is 3.20. The van der Waals surface area contributed by atoms with Gasteiger partial charge in [0.1, 0.15) is 0 Å². The van der Waals surface area contributed by atoms with Gasteiger partial charge in [0.15, 0.2) is 0 Å². The molecular weight excluding hydrogens is 409 g/mol. The summed E-state index contributed by atoms with van der Waals surface area (Å²) in [5.41, 5.74) is -0.561. The minimum absolute atomic E-state index is 0.00184. The van der Waals surface area contributed by atoms with Crippen molar-refractivity contribution in [3.8, 4) is 0 Å². The Hall–Kier alpha value is -0.710. The highest BCUT2D eigenvalue weighted by atomic mass is 127. The number of carboxylic acid groups (broad SMARTS) is 1. The fourth-order valence-electron chi connectivity index (χ4n) is 2.16. The number of rotatable bonds is 3. The van der Waals surface area contributed by atoms with Crippen molar-refractivity contribution in [1.82, 2.24) is 4.31 Å². The number of halogens is 1. The monoisotopic (exact) mass is 425 g/mol. The van der Waals surface area contributed by atoms with E-state index >= 15 is 0 Å². The van der Waals surface area contributed by atoms with Gasteiger partial charge in [-0.2, -0.15) is 4.31 Å². The lowest BCUT2D eigenvalue weighted by Gasteiger charge is -2.37. The van der Waals surface area contributed by atoms with Gasteiger partial charge in [-0.05, 0) is 54.6 Å². The van der Waals surface area contributed by atoms with E-state index in [4.69, 9.17) is 9.84 Å². The van der Waals surface area contributed by atoms with Gasteiger partial charge in [0.2, 0.25) is 10.0 Å². The number of carboxylic acids is 1. The van der Waals surface area contributed by atoms with Crippen LogP contribution in [0.15, 0.2) is 23.1 Å². The van der Waals surface area contributed by atoms with Gasteiger partial charge in [-0.1, -0.05) is 0 Å². The average Bonchev–Trinajstić information content (AvgIpc) is 2.37. The quantitative estimate of drug-likeness (QED) is 0.747. The maximum atomic E-state index is 12.6. The van der Waals surface area contributed by atoms with Crippen LogP contribution in [0.1, 0.15) is 24.2 Å². The van der Waals surface area contributed by atoms with Gasteiger partial charge < -0.3 is 9.84 Å². The molecule has 6 nitrogen and oxygen atoms in total. The summed E-state index contributed by atoms with van der Waals surface area (Å²) in [7, 11) is -3.72. The molecular formula is C13H16INO5S. The SMILES string of the molecule is CC1(C)CN(S(=O)(=O)c2ccc(I)c(C(=O)O)c2)CCO1. The number of carbonyl (C=O) groups is 1. The summed E-state index contributed by atoms with van der Waals surface area (Å²) in [6.45, 7) is 4.48. The van der Waals surface area contributed by atoms with Gasteiger partial charge in [0.05, 0.1) is 22.7 Å². The van der Waals surface area contributed by atoms with Gasteiger partial charge in [-0.15, -0.1) is 0 Å². The summed E-state index contributed by atoms with van der Waals surface area (Å²) < 4.78 is 32.6. The molecule has 1 heterocycles. The molecule has 1 aromatic carbocycles. The Morgan fingerprint density at radius 1 is 1.43 bits per heavy atom. The maximum absolute atomic E-state index is 12.6. The fraction of sp³-hybridized carbons (Fsp3) is 0.462. The van der Waals surface area contributed by atoms with Crippen LogP contribution in [0.2, 0.25) is 0 Å². The van der Waals surface area contributed by atoms with Crippen LogP contribution in [0.25, 0.3) is 0 Å². The van der Waals surface area contributed by atoms with Crippen LogP contribution in [0, 0.1) is 3.57 Å². The Bertz CT molecular complexity index is 671. The third kappa shape index (κ3) is 3.55. The summed E-state index contributed by atoms with van der Waals surface area (Å²) in [5, 5.41) is 9.12. The van der Waals surface area contributed by atoms with Crippen molar-refractivity contribution in [2.75, 3.05) is 19.7 Å². The number of morpholine rings is 1. The van der Waals surface area contributed by atoms with Crippen LogP contribution < -0.4 is 0 Å².